The average Bonchev–Trinajstić information content (AvgIpc) is 2.76. The van der Waals surface area contributed by atoms with Crippen LogP contribution in [0.1, 0.15) is 0 Å². The van der Waals surface area contributed by atoms with Gasteiger partial charge in [-0.2, -0.15) is 17.6 Å². The predicted octanol–water partition coefficient (Wildman–Crippen LogP) is 3.64. The number of aromatic nitrogens is 1. The third-order valence-electron chi connectivity index (χ3n) is 2.74. The lowest BCUT2D eigenvalue weighted by molar-refractivity contribution is -0.391. The van der Waals surface area contributed by atoms with Crippen LogP contribution in [-0.4, -0.2) is 17.4 Å². The van der Waals surface area contributed by atoms with E-state index >= 15 is 0 Å². The Balaban J connectivity index is 2.13. The number of nitrogens with two attached hydrogens (primary N) is 1. The molecule has 1 aromatic heterocycles. The fourth-order valence-electron chi connectivity index (χ4n) is 1.75. The van der Waals surface area contributed by atoms with Gasteiger partial charge in [-0.3, -0.25) is 0 Å². The average molecular weight is 369 g/mol. The quantitative estimate of drug-likeness (QED) is 0.778. The Labute approximate surface area is 122 Å². The zero-order chi connectivity index (χ0) is 15.4. The summed E-state index contributed by atoms with van der Waals surface area (Å²) in [5.74, 6) is -1.15. The summed E-state index contributed by atoms with van der Waals surface area (Å²) < 4.78 is 65.4. The van der Waals surface area contributed by atoms with Crippen molar-refractivity contribution in [2.45, 2.75) is 12.2 Å². The first-order valence-corrected chi connectivity index (χ1v) is 6.18. The van der Waals surface area contributed by atoms with Gasteiger partial charge in [-0.25, -0.2) is 0 Å². The van der Waals surface area contributed by atoms with E-state index < -0.39 is 23.7 Å². The molecule has 10 heteroatoms. The minimum Gasteiger partial charge on any atom is -0.421 e. The maximum atomic E-state index is 13.2. The van der Waals surface area contributed by atoms with Crippen molar-refractivity contribution in [2.24, 2.45) is 0 Å². The second-order valence-corrected chi connectivity index (χ2v) is 4.97. The molecule has 2 N–H and O–H groups in total. The van der Waals surface area contributed by atoms with Crippen LogP contribution in [-0.2, 0) is 0 Å². The molecule has 5 nitrogen and oxygen atoms in total. The summed E-state index contributed by atoms with van der Waals surface area (Å²) in [5, 5.41) is 3.44. The molecule has 0 unspecified atom stereocenters. The molecule has 112 valence electrons. The monoisotopic (exact) mass is 368 g/mol. The molecule has 1 aliphatic rings. The molecule has 0 radical (unpaired) electrons. The first-order valence-electron chi connectivity index (χ1n) is 5.39. The molecule has 1 aromatic carbocycles. The number of halogens is 5. The third-order valence-corrected chi connectivity index (χ3v) is 3.39. The zero-order valence-electron chi connectivity index (χ0n) is 9.87. The van der Waals surface area contributed by atoms with Crippen molar-refractivity contribution in [3.63, 3.8) is 0 Å². The lowest BCUT2D eigenvalue weighted by atomic mass is 10.1. The van der Waals surface area contributed by atoms with Crippen LogP contribution in [0.15, 0.2) is 27.3 Å². The van der Waals surface area contributed by atoms with Gasteiger partial charge in [0.1, 0.15) is 0 Å². The van der Waals surface area contributed by atoms with Crippen LogP contribution in [0.5, 0.6) is 11.5 Å². The van der Waals surface area contributed by atoms with E-state index in [-0.39, 0.29) is 21.5 Å². The molecule has 0 amide bonds. The molecule has 1 aliphatic heterocycles. The Hall–Kier alpha value is -1.97. The second-order valence-electron chi connectivity index (χ2n) is 4.12. The highest BCUT2D eigenvalue weighted by Crippen LogP contribution is 2.50. The molecular formula is C11H5BrF4N2O3. The minimum absolute atomic E-state index is 0.0653. The van der Waals surface area contributed by atoms with Gasteiger partial charge in [-0.1, -0.05) is 21.1 Å². The molecule has 0 aliphatic carbocycles. The van der Waals surface area contributed by atoms with Crippen LogP contribution < -0.4 is 15.2 Å². The number of nitrogen functional groups attached to an aromatic ring is 1. The third kappa shape index (κ3) is 2.09. The summed E-state index contributed by atoms with van der Waals surface area (Å²) in [6.07, 6.45) is -8.30. The highest BCUT2D eigenvalue weighted by atomic mass is 79.9. The van der Waals surface area contributed by atoms with Crippen molar-refractivity contribution >= 4 is 21.8 Å². The number of benzene rings is 1. The van der Waals surface area contributed by atoms with E-state index in [1.165, 1.54) is 6.20 Å². The van der Waals surface area contributed by atoms with Crippen LogP contribution in [0.4, 0.5) is 23.4 Å². The Morgan fingerprint density at radius 3 is 2.10 bits per heavy atom. The van der Waals surface area contributed by atoms with Crippen molar-refractivity contribution in [2.75, 3.05) is 5.73 Å². The van der Waals surface area contributed by atoms with Gasteiger partial charge in [-0.05, 0) is 12.1 Å². The van der Waals surface area contributed by atoms with Crippen molar-refractivity contribution in [1.29, 1.82) is 0 Å². The van der Waals surface area contributed by atoms with Gasteiger partial charge in [0.2, 0.25) is 5.88 Å². The van der Waals surface area contributed by atoms with E-state index in [4.69, 9.17) is 5.73 Å². The number of ether oxygens (including phenoxy) is 2. The summed E-state index contributed by atoms with van der Waals surface area (Å²) >= 11 is 3.10. The molecule has 2 aromatic rings. The fourth-order valence-corrected chi connectivity index (χ4v) is 2.28. The lowest BCUT2D eigenvalue weighted by Gasteiger charge is -2.32. The molecule has 0 saturated heterocycles. The van der Waals surface area contributed by atoms with Crippen LogP contribution in [0.2, 0.25) is 0 Å². The van der Waals surface area contributed by atoms with Gasteiger partial charge in [0, 0.05) is 10.0 Å². The van der Waals surface area contributed by atoms with Crippen molar-refractivity contribution in [3.8, 4) is 22.6 Å². The number of rotatable bonds is 1. The molecule has 21 heavy (non-hydrogen) atoms. The Morgan fingerprint density at radius 2 is 1.57 bits per heavy atom. The van der Waals surface area contributed by atoms with Gasteiger partial charge >= 0.3 is 12.2 Å². The largest absolute Gasteiger partial charge is 0.507 e. The van der Waals surface area contributed by atoms with E-state index in [1.54, 1.807) is 0 Å². The molecule has 0 atom stereocenters. The maximum absolute atomic E-state index is 13.2. The number of fused-ring (bicyclic) bond motifs is 1. The lowest BCUT2D eigenvalue weighted by Crippen LogP contribution is -2.52. The maximum Gasteiger partial charge on any atom is 0.507 e. The summed E-state index contributed by atoms with van der Waals surface area (Å²) in [6.45, 7) is 0. The number of anilines is 1. The van der Waals surface area contributed by atoms with Crippen molar-refractivity contribution < 1.29 is 31.6 Å². The molecule has 0 fully saturated rings. The summed E-state index contributed by atoms with van der Waals surface area (Å²) in [7, 11) is 0. The summed E-state index contributed by atoms with van der Waals surface area (Å²) in [4.78, 5) is 0. The van der Waals surface area contributed by atoms with E-state index in [0.29, 0.717) is 0 Å². The molecular weight excluding hydrogens is 364 g/mol. The predicted molar refractivity (Wildman–Crippen MR) is 65.2 cm³/mol. The zero-order valence-corrected chi connectivity index (χ0v) is 11.5. The minimum atomic E-state index is -4.79. The van der Waals surface area contributed by atoms with E-state index in [9.17, 15) is 17.6 Å². The molecule has 0 bridgehead atoms. The highest BCUT2D eigenvalue weighted by molar-refractivity contribution is 9.10. The smallest absolute Gasteiger partial charge is 0.421 e. The van der Waals surface area contributed by atoms with Crippen molar-refractivity contribution in [3.05, 3.63) is 22.8 Å². The molecule has 3 rings (SSSR count). The summed E-state index contributed by atoms with van der Waals surface area (Å²) in [5.41, 5.74) is 6.08. The van der Waals surface area contributed by atoms with Crippen LogP contribution in [0.3, 0.4) is 0 Å². The highest BCUT2D eigenvalue weighted by Gasteiger charge is 2.66. The Morgan fingerprint density at radius 1 is 1.00 bits per heavy atom. The van der Waals surface area contributed by atoms with Crippen molar-refractivity contribution in [1.82, 2.24) is 5.16 Å². The van der Waals surface area contributed by atoms with Gasteiger partial charge < -0.3 is 19.7 Å². The van der Waals surface area contributed by atoms with E-state index in [0.717, 1.165) is 12.1 Å². The van der Waals surface area contributed by atoms with Crippen LogP contribution >= 0.6 is 15.9 Å². The van der Waals surface area contributed by atoms with E-state index in [1.807, 2.05) is 0 Å². The second kappa shape index (κ2) is 4.26. The van der Waals surface area contributed by atoms with Gasteiger partial charge in [0.25, 0.3) is 0 Å². The number of alkyl halides is 4. The SMILES string of the molecule is Nc1oncc1-c1cc2c(cc1Br)OC(F)(F)C(F)(F)O2. The molecule has 0 saturated carbocycles. The van der Waals surface area contributed by atoms with Crippen LogP contribution in [0, 0.1) is 0 Å². The topological polar surface area (TPSA) is 70.5 Å². The number of hydrogen-bond donors (Lipinski definition) is 1. The van der Waals surface area contributed by atoms with Gasteiger partial charge in [0.05, 0.1) is 11.8 Å². The molecule has 2 heterocycles. The number of nitrogens with zero attached hydrogens (tertiary/aromatic N) is 1. The number of hydrogen-bond acceptors (Lipinski definition) is 5. The normalized spacial score (nSPS) is 18.5. The molecule has 0 spiro atoms. The first-order chi connectivity index (χ1) is 9.71. The summed E-state index contributed by atoms with van der Waals surface area (Å²) in [6, 6.07) is 2.14. The van der Waals surface area contributed by atoms with Gasteiger partial charge in [-0.15, -0.1) is 0 Å². The Kier molecular flexibility index (Phi) is 2.84. The van der Waals surface area contributed by atoms with Gasteiger partial charge in [0.15, 0.2) is 11.5 Å². The van der Waals surface area contributed by atoms with E-state index in [2.05, 4.69) is 35.1 Å². The first kappa shape index (κ1) is 14.0. The standard InChI is InChI=1S/C11H5BrF4N2O3/c12-6-2-8-7(19-10(13,14)11(15,16)20-8)1-4(6)5-3-18-21-9(5)17/h1-3H,17H2. The van der Waals surface area contributed by atoms with Crippen LogP contribution in [0.25, 0.3) is 11.1 Å². The Bertz CT molecular complexity index is 719. The fraction of sp³-hybridized carbons (Fsp3) is 0.182.